The first-order valence-corrected chi connectivity index (χ1v) is 4.97. The predicted octanol–water partition coefficient (Wildman–Crippen LogP) is 1.91. The Hall–Kier alpha value is -2.37. The van der Waals surface area contributed by atoms with Crippen molar-refractivity contribution >= 4 is 5.97 Å². The van der Waals surface area contributed by atoms with Crippen molar-refractivity contribution in [2.45, 2.75) is 13.8 Å². The second kappa shape index (κ2) is 4.25. The van der Waals surface area contributed by atoms with Crippen molar-refractivity contribution in [1.82, 2.24) is 15.4 Å². The van der Waals surface area contributed by atoms with E-state index in [1.807, 2.05) is 19.9 Å². The minimum atomic E-state index is -1.16. The largest absolute Gasteiger partial charge is 0.476 e. The predicted molar refractivity (Wildman–Crippen MR) is 59.3 cm³/mol. The van der Waals surface area contributed by atoms with Gasteiger partial charge in [-0.05, 0) is 37.1 Å². The summed E-state index contributed by atoms with van der Waals surface area (Å²) in [6.07, 6.45) is 0. The topological polar surface area (TPSA) is 88.1 Å². The second-order valence-electron chi connectivity index (χ2n) is 3.72. The van der Waals surface area contributed by atoms with Crippen LogP contribution in [0.4, 0.5) is 0 Å². The van der Waals surface area contributed by atoms with Crippen LogP contribution in [0.25, 0.3) is 0 Å². The van der Waals surface area contributed by atoms with Gasteiger partial charge in [0.15, 0.2) is 0 Å². The standard InChI is InChI=1S/C11H11N3O3/c1-6-3-7(2)5-8(4-6)17-10-9(11(15)16)12-14-13-10/h3-5H,1-2H3,(H,15,16)(H,12,13,14). The summed E-state index contributed by atoms with van der Waals surface area (Å²) in [4.78, 5) is 10.8. The number of hydrogen-bond donors (Lipinski definition) is 2. The molecule has 6 heteroatoms. The molecule has 1 aromatic heterocycles. The number of rotatable bonds is 3. The average Bonchev–Trinajstić information content (AvgIpc) is 2.63. The van der Waals surface area contributed by atoms with Gasteiger partial charge in [0.1, 0.15) is 5.75 Å². The zero-order valence-electron chi connectivity index (χ0n) is 9.39. The van der Waals surface area contributed by atoms with Crippen molar-refractivity contribution in [3.05, 3.63) is 35.0 Å². The third-order valence-electron chi connectivity index (χ3n) is 2.14. The Labute approximate surface area is 97.2 Å². The van der Waals surface area contributed by atoms with E-state index >= 15 is 0 Å². The van der Waals surface area contributed by atoms with Crippen LogP contribution in [0, 0.1) is 13.8 Å². The highest BCUT2D eigenvalue weighted by Crippen LogP contribution is 2.23. The number of nitrogens with zero attached hydrogens (tertiary/aromatic N) is 2. The van der Waals surface area contributed by atoms with E-state index in [2.05, 4.69) is 15.4 Å². The first-order chi connectivity index (χ1) is 8.06. The molecule has 88 valence electrons. The molecule has 0 radical (unpaired) electrons. The number of benzene rings is 1. The van der Waals surface area contributed by atoms with Gasteiger partial charge in [-0.3, -0.25) is 0 Å². The van der Waals surface area contributed by atoms with Crippen LogP contribution in [0.2, 0.25) is 0 Å². The quantitative estimate of drug-likeness (QED) is 0.845. The number of nitrogens with one attached hydrogen (secondary N) is 1. The molecule has 0 spiro atoms. The molecule has 0 amide bonds. The van der Waals surface area contributed by atoms with Gasteiger partial charge in [0.2, 0.25) is 5.69 Å². The van der Waals surface area contributed by atoms with E-state index in [1.54, 1.807) is 12.1 Å². The fourth-order valence-corrected chi connectivity index (χ4v) is 1.53. The molecule has 0 aliphatic carbocycles. The number of carboxylic acid groups (broad SMARTS) is 1. The summed E-state index contributed by atoms with van der Waals surface area (Å²) in [6.45, 7) is 3.86. The Balaban J connectivity index is 2.31. The Morgan fingerprint density at radius 3 is 2.53 bits per heavy atom. The molecule has 1 heterocycles. The zero-order chi connectivity index (χ0) is 12.4. The maximum absolute atomic E-state index is 10.8. The second-order valence-corrected chi connectivity index (χ2v) is 3.72. The Kier molecular flexibility index (Phi) is 2.78. The molecule has 0 aliphatic rings. The highest BCUT2D eigenvalue weighted by atomic mass is 16.5. The first kappa shape index (κ1) is 11.1. The summed E-state index contributed by atoms with van der Waals surface area (Å²) in [5.41, 5.74) is 1.89. The van der Waals surface area contributed by atoms with Crippen molar-refractivity contribution in [3.63, 3.8) is 0 Å². The number of carbonyl (C=O) groups is 1. The third-order valence-corrected chi connectivity index (χ3v) is 2.14. The van der Waals surface area contributed by atoms with Gasteiger partial charge < -0.3 is 9.84 Å². The van der Waals surface area contributed by atoms with Crippen LogP contribution in [-0.4, -0.2) is 26.5 Å². The molecule has 2 rings (SSSR count). The molecule has 0 fully saturated rings. The Bertz CT molecular complexity index is 543. The highest BCUT2D eigenvalue weighted by molar-refractivity contribution is 5.87. The van der Waals surface area contributed by atoms with E-state index < -0.39 is 5.97 Å². The molecular formula is C11H11N3O3. The van der Waals surface area contributed by atoms with Gasteiger partial charge in [-0.25, -0.2) is 9.89 Å². The van der Waals surface area contributed by atoms with Gasteiger partial charge in [0.05, 0.1) is 0 Å². The molecule has 0 aliphatic heterocycles. The van der Waals surface area contributed by atoms with Crippen LogP contribution in [0.15, 0.2) is 18.2 Å². The van der Waals surface area contributed by atoms with Gasteiger partial charge in [-0.2, -0.15) is 0 Å². The number of carboxylic acids is 1. The lowest BCUT2D eigenvalue weighted by molar-refractivity contribution is 0.0687. The fraction of sp³-hybridized carbons (Fsp3) is 0.182. The van der Waals surface area contributed by atoms with E-state index in [1.165, 1.54) is 0 Å². The van der Waals surface area contributed by atoms with Crippen LogP contribution < -0.4 is 4.74 Å². The molecule has 2 N–H and O–H groups in total. The summed E-state index contributed by atoms with van der Waals surface area (Å²) in [7, 11) is 0. The minimum absolute atomic E-state index is 0.0394. The van der Waals surface area contributed by atoms with Crippen LogP contribution in [0.1, 0.15) is 21.6 Å². The molecule has 1 aromatic carbocycles. The molecule has 0 bridgehead atoms. The monoisotopic (exact) mass is 233 g/mol. The average molecular weight is 233 g/mol. The molecule has 0 unspecified atom stereocenters. The number of ether oxygens (including phenoxy) is 1. The highest BCUT2D eigenvalue weighted by Gasteiger charge is 2.16. The van der Waals surface area contributed by atoms with E-state index in [-0.39, 0.29) is 11.6 Å². The lowest BCUT2D eigenvalue weighted by atomic mass is 10.1. The summed E-state index contributed by atoms with van der Waals surface area (Å²) in [5, 5.41) is 18.1. The van der Waals surface area contributed by atoms with Gasteiger partial charge >= 0.3 is 5.97 Å². The lowest BCUT2D eigenvalue weighted by Crippen LogP contribution is -1.99. The van der Waals surface area contributed by atoms with E-state index in [9.17, 15) is 4.79 Å². The summed E-state index contributed by atoms with van der Waals surface area (Å²) < 4.78 is 5.39. The number of H-pyrrole nitrogens is 1. The maximum atomic E-state index is 10.8. The summed E-state index contributed by atoms with van der Waals surface area (Å²) >= 11 is 0. The van der Waals surface area contributed by atoms with Gasteiger partial charge in [-0.1, -0.05) is 16.4 Å². The number of aryl methyl sites for hydroxylation is 2. The maximum Gasteiger partial charge on any atom is 0.359 e. The van der Waals surface area contributed by atoms with E-state index in [4.69, 9.17) is 9.84 Å². The Morgan fingerprint density at radius 2 is 1.94 bits per heavy atom. The zero-order valence-corrected chi connectivity index (χ0v) is 9.39. The summed E-state index contributed by atoms with van der Waals surface area (Å²) in [6, 6.07) is 5.59. The van der Waals surface area contributed by atoms with Crippen molar-refractivity contribution in [2.24, 2.45) is 0 Å². The van der Waals surface area contributed by atoms with Gasteiger partial charge in [-0.15, -0.1) is 0 Å². The number of aromatic amines is 1. The molecule has 17 heavy (non-hydrogen) atoms. The molecule has 2 aromatic rings. The molecule has 0 saturated heterocycles. The van der Waals surface area contributed by atoms with Crippen molar-refractivity contribution < 1.29 is 14.6 Å². The first-order valence-electron chi connectivity index (χ1n) is 4.97. The van der Waals surface area contributed by atoms with Crippen LogP contribution in [0.3, 0.4) is 0 Å². The third kappa shape index (κ3) is 2.41. The summed E-state index contributed by atoms with van der Waals surface area (Å²) in [5.74, 6) is -0.657. The van der Waals surface area contributed by atoms with Crippen molar-refractivity contribution in [1.29, 1.82) is 0 Å². The molecule has 0 saturated carbocycles. The SMILES string of the molecule is Cc1cc(C)cc(Oc2nn[nH]c2C(=O)O)c1. The number of aromatic nitrogens is 3. The van der Waals surface area contributed by atoms with E-state index in [0.29, 0.717) is 5.75 Å². The van der Waals surface area contributed by atoms with Crippen molar-refractivity contribution in [2.75, 3.05) is 0 Å². The van der Waals surface area contributed by atoms with Gasteiger partial charge in [0.25, 0.3) is 5.88 Å². The molecule has 6 nitrogen and oxygen atoms in total. The normalized spacial score (nSPS) is 10.2. The van der Waals surface area contributed by atoms with Crippen LogP contribution in [-0.2, 0) is 0 Å². The van der Waals surface area contributed by atoms with E-state index in [0.717, 1.165) is 11.1 Å². The van der Waals surface area contributed by atoms with Gasteiger partial charge in [0, 0.05) is 0 Å². The number of hydrogen-bond acceptors (Lipinski definition) is 4. The van der Waals surface area contributed by atoms with Crippen molar-refractivity contribution in [3.8, 4) is 11.6 Å². The van der Waals surface area contributed by atoms with Crippen LogP contribution >= 0.6 is 0 Å². The molecule has 0 atom stereocenters. The molecular weight excluding hydrogens is 222 g/mol. The fourth-order valence-electron chi connectivity index (χ4n) is 1.53. The smallest absolute Gasteiger partial charge is 0.359 e. The van der Waals surface area contributed by atoms with Crippen LogP contribution in [0.5, 0.6) is 11.6 Å². The minimum Gasteiger partial charge on any atom is -0.476 e. The Morgan fingerprint density at radius 1 is 1.29 bits per heavy atom. The number of aromatic carboxylic acids is 1. The lowest BCUT2D eigenvalue weighted by Gasteiger charge is -2.05.